The number of nitrogen functional groups attached to an aromatic ring is 1. The first kappa shape index (κ1) is 13.8. The molecule has 3 heterocycles. The molecule has 122 valence electrons. The number of fused-ring (bicyclic) bond motifs is 3. The van der Waals surface area contributed by atoms with Crippen LogP contribution in [0.5, 0.6) is 0 Å². The monoisotopic (exact) mass is 321 g/mol. The molecule has 0 saturated carbocycles. The zero-order valence-corrected chi connectivity index (χ0v) is 13.4. The summed E-state index contributed by atoms with van der Waals surface area (Å²) in [6, 6.07) is 8.62. The molecule has 2 N–H and O–H groups in total. The number of hydrogen-bond donors (Lipinski definition) is 1. The van der Waals surface area contributed by atoms with E-state index in [1.807, 2.05) is 30.5 Å². The van der Waals surface area contributed by atoms with Crippen LogP contribution in [0.25, 0.3) is 11.1 Å². The second-order valence-corrected chi connectivity index (χ2v) is 6.87. The molecule has 3 aromatic rings. The minimum atomic E-state index is 0.0469. The fourth-order valence-electron chi connectivity index (χ4n) is 4.24. The number of aromatic nitrogens is 3. The number of oxazole rings is 1. The molecule has 24 heavy (non-hydrogen) atoms. The summed E-state index contributed by atoms with van der Waals surface area (Å²) in [7, 11) is 0. The molecule has 2 aromatic heterocycles. The van der Waals surface area contributed by atoms with E-state index in [9.17, 15) is 0 Å². The molecule has 1 atom stereocenters. The molecule has 1 aliphatic carbocycles. The van der Waals surface area contributed by atoms with E-state index in [0.717, 1.165) is 55.6 Å². The summed E-state index contributed by atoms with van der Waals surface area (Å²) in [4.78, 5) is 15.7. The van der Waals surface area contributed by atoms with E-state index in [1.165, 1.54) is 5.56 Å². The summed E-state index contributed by atoms with van der Waals surface area (Å²) >= 11 is 0. The molecule has 1 spiro atoms. The predicted molar refractivity (Wildman–Crippen MR) is 91.9 cm³/mol. The third-order valence-corrected chi connectivity index (χ3v) is 5.39. The Bertz CT molecular complexity index is 884. The predicted octanol–water partition coefficient (Wildman–Crippen LogP) is 2.68. The van der Waals surface area contributed by atoms with Gasteiger partial charge in [0, 0.05) is 24.7 Å². The number of nitrogens with two attached hydrogens (primary N) is 1. The van der Waals surface area contributed by atoms with Gasteiger partial charge in [0.15, 0.2) is 5.58 Å². The molecule has 6 nitrogen and oxygen atoms in total. The number of para-hydroxylation sites is 2. The first-order valence-corrected chi connectivity index (χ1v) is 8.46. The van der Waals surface area contributed by atoms with Crippen molar-refractivity contribution in [3.05, 3.63) is 41.7 Å². The summed E-state index contributed by atoms with van der Waals surface area (Å²) in [5.74, 6) is 0.369. The fourth-order valence-corrected chi connectivity index (χ4v) is 4.24. The average molecular weight is 321 g/mol. The second kappa shape index (κ2) is 4.93. The number of rotatable bonds is 1. The van der Waals surface area contributed by atoms with E-state index in [0.29, 0.717) is 12.0 Å². The Labute approximate surface area is 139 Å². The van der Waals surface area contributed by atoms with Gasteiger partial charge in [0.1, 0.15) is 5.52 Å². The van der Waals surface area contributed by atoms with Crippen molar-refractivity contribution in [3.8, 4) is 0 Å². The van der Waals surface area contributed by atoms with E-state index < -0.39 is 0 Å². The van der Waals surface area contributed by atoms with Crippen molar-refractivity contribution in [3.63, 3.8) is 0 Å². The topological polar surface area (TPSA) is 81.1 Å². The molecule has 1 saturated heterocycles. The Morgan fingerprint density at radius 3 is 3.00 bits per heavy atom. The molecule has 0 radical (unpaired) electrons. The van der Waals surface area contributed by atoms with Gasteiger partial charge in [0.05, 0.1) is 5.69 Å². The van der Waals surface area contributed by atoms with Gasteiger partial charge in [0.2, 0.25) is 5.95 Å². The number of anilines is 2. The van der Waals surface area contributed by atoms with Crippen molar-refractivity contribution in [2.24, 2.45) is 0 Å². The first-order chi connectivity index (χ1) is 11.7. The Kier molecular flexibility index (Phi) is 2.83. The van der Waals surface area contributed by atoms with Crippen molar-refractivity contribution < 1.29 is 4.42 Å². The summed E-state index contributed by atoms with van der Waals surface area (Å²) in [5, 5.41) is 0. The smallest absolute Gasteiger partial charge is 0.298 e. The quantitative estimate of drug-likeness (QED) is 0.742. The molecule has 0 bridgehead atoms. The van der Waals surface area contributed by atoms with Crippen LogP contribution >= 0.6 is 0 Å². The van der Waals surface area contributed by atoms with Crippen LogP contribution in [0.4, 0.5) is 12.0 Å². The maximum Gasteiger partial charge on any atom is 0.298 e. The Hall–Kier alpha value is -2.63. The third-order valence-electron chi connectivity index (χ3n) is 5.39. The molecule has 1 fully saturated rings. The van der Waals surface area contributed by atoms with Crippen LogP contribution in [0.3, 0.4) is 0 Å². The summed E-state index contributed by atoms with van der Waals surface area (Å²) < 4.78 is 5.98. The van der Waals surface area contributed by atoms with Crippen LogP contribution in [-0.2, 0) is 11.8 Å². The molecule has 2 aliphatic rings. The van der Waals surface area contributed by atoms with E-state index in [2.05, 4.69) is 19.9 Å². The zero-order valence-electron chi connectivity index (χ0n) is 13.4. The van der Waals surface area contributed by atoms with E-state index in [-0.39, 0.29) is 5.41 Å². The Balaban J connectivity index is 1.52. The van der Waals surface area contributed by atoms with Gasteiger partial charge in [-0.2, -0.15) is 4.98 Å². The number of piperidine rings is 1. The van der Waals surface area contributed by atoms with Crippen LogP contribution in [0.15, 0.2) is 34.9 Å². The summed E-state index contributed by atoms with van der Waals surface area (Å²) in [6.45, 7) is 1.84. The lowest BCUT2D eigenvalue weighted by atomic mass is 9.77. The van der Waals surface area contributed by atoms with Crippen LogP contribution in [-0.4, -0.2) is 28.0 Å². The molecule has 0 amide bonds. The molecular weight excluding hydrogens is 302 g/mol. The first-order valence-electron chi connectivity index (χ1n) is 8.46. The van der Waals surface area contributed by atoms with Crippen molar-refractivity contribution >= 4 is 23.1 Å². The highest BCUT2D eigenvalue weighted by molar-refractivity contribution is 5.74. The van der Waals surface area contributed by atoms with E-state index >= 15 is 0 Å². The third kappa shape index (κ3) is 1.99. The highest BCUT2D eigenvalue weighted by Crippen LogP contribution is 2.44. The minimum Gasteiger partial charge on any atom is -0.423 e. The molecule has 1 unspecified atom stereocenters. The zero-order chi connectivity index (χ0) is 16.1. The highest BCUT2D eigenvalue weighted by atomic mass is 16.4. The number of aryl methyl sites for hydroxylation is 1. The van der Waals surface area contributed by atoms with Crippen LogP contribution < -0.4 is 10.6 Å². The van der Waals surface area contributed by atoms with Crippen molar-refractivity contribution in [2.45, 2.75) is 31.1 Å². The van der Waals surface area contributed by atoms with Gasteiger partial charge in [-0.05, 0) is 43.4 Å². The van der Waals surface area contributed by atoms with E-state index in [4.69, 9.17) is 10.2 Å². The number of nitrogens with zero attached hydrogens (tertiary/aromatic N) is 4. The van der Waals surface area contributed by atoms with Gasteiger partial charge in [-0.1, -0.05) is 12.1 Å². The second-order valence-electron chi connectivity index (χ2n) is 6.87. The normalized spacial score (nSPS) is 23.1. The Morgan fingerprint density at radius 2 is 2.08 bits per heavy atom. The fraction of sp³-hybridized carbons (Fsp3) is 0.389. The van der Waals surface area contributed by atoms with E-state index in [1.54, 1.807) is 0 Å². The van der Waals surface area contributed by atoms with Gasteiger partial charge in [-0.3, -0.25) is 0 Å². The van der Waals surface area contributed by atoms with Crippen LogP contribution in [0.2, 0.25) is 0 Å². The molecule has 5 rings (SSSR count). The van der Waals surface area contributed by atoms with Gasteiger partial charge in [-0.25, -0.2) is 9.97 Å². The van der Waals surface area contributed by atoms with Crippen LogP contribution in [0.1, 0.15) is 30.5 Å². The SMILES string of the molecule is Nc1ncc2c(n1)C1(CCCN(c3nc4ccccc4o3)C1)CC2. The van der Waals surface area contributed by atoms with Crippen molar-refractivity contribution in [1.29, 1.82) is 0 Å². The molecular formula is C18H19N5O. The molecule has 1 aromatic carbocycles. The standard InChI is InChI=1S/C18H19N5O/c19-16-20-10-12-6-8-18(15(12)22-16)7-3-9-23(11-18)17-21-13-4-1-2-5-14(13)24-17/h1-2,4-5,10H,3,6-9,11H2,(H2,19,20,22). The lowest BCUT2D eigenvalue weighted by Gasteiger charge is -2.39. The van der Waals surface area contributed by atoms with Gasteiger partial charge in [-0.15, -0.1) is 0 Å². The van der Waals surface area contributed by atoms with Crippen LogP contribution in [0, 0.1) is 0 Å². The van der Waals surface area contributed by atoms with Crippen molar-refractivity contribution in [2.75, 3.05) is 23.7 Å². The lowest BCUT2D eigenvalue weighted by Crippen LogP contribution is -2.45. The lowest BCUT2D eigenvalue weighted by molar-refractivity contribution is 0.324. The maximum atomic E-state index is 5.98. The molecule has 6 heteroatoms. The highest BCUT2D eigenvalue weighted by Gasteiger charge is 2.44. The number of hydrogen-bond acceptors (Lipinski definition) is 6. The Morgan fingerprint density at radius 1 is 1.17 bits per heavy atom. The maximum absolute atomic E-state index is 5.98. The average Bonchev–Trinajstić information content (AvgIpc) is 3.18. The summed E-state index contributed by atoms with van der Waals surface area (Å²) in [5.41, 5.74) is 10.0. The van der Waals surface area contributed by atoms with Gasteiger partial charge >= 0.3 is 0 Å². The largest absolute Gasteiger partial charge is 0.423 e. The number of benzene rings is 1. The molecule has 1 aliphatic heterocycles. The summed E-state index contributed by atoms with van der Waals surface area (Å²) in [6.07, 6.45) is 6.24. The minimum absolute atomic E-state index is 0.0469. The van der Waals surface area contributed by atoms with Gasteiger partial charge in [0.25, 0.3) is 6.01 Å². The van der Waals surface area contributed by atoms with Gasteiger partial charge < -0.3 is 15.1 Å². The van der Waals surface area contributed by atoms with Crippen molar-refractivity contribution in [1.82, 2.24) is 15.0 Å².